The van der Waals surface area contributed by atoms with Crippen molar-refractivity contribution < 1.29 is 41.5 Å². The van der Waals surface area contributed by atoms with E-state index in [2.05, 4.69) is 0 Å². The molecular weight excluding hydrogens is 367 g/mol. The van der Waals surface area contributed by atoms with E-state index in [9.17, 15) is 8.78 Å². The second-order valence-corrected chi connectivity index (χ2v) is 2.31. The molecule has 0 N–H and O–H groups in total. The number of benzene rings is 2. The minimum atomic E-state index is 0. The summed E-state index contributed by atoms with van der Waals surface area (Å²) in [5.41, 5.74) is 0. The quantitative estimate of drug-likeness (QED) is 0.400. The third-order valence-electron chi connectivity index (χ3n) is 1.33. The van der Waals surface area contributed by atoms with E-state index >= 15 is 0 Å². The van der Waals surface area contributed by atoms with Gasteiger partial charge in [-0.25, -0.2) is 0 Å². The van der Waals surface area contributed by atoms with Crippen LogP contribution in [0.1, 0.15) is 27.7 Å². The molecule has 0 aliphatic heterocycles. The Labute approximate surface area is 170 Å². The Morgan fingerprint density at radius 1 is 0.348 bits per heavy atom. The molecule has 0 aliphatic rings. The molecule has 1 radical (unpaired) electrons. The van der Waals surface area contributed by atoms with Gasteiger partial charge in [0, 0.05) is 32.7 Å². The molecule has 0 fully saturated rings. The first-order chi connectivity index (χ1) is 10.0. The molecule has 0 saturated heterocycles. The summed E-state index contributed by atoms with van der Waals surface area (Å²) in [5, 5.41) is 0. The summed E-state index contributed by atoms with van der Waals surface area (Å²) >= 11 is 0. The van der Waals surface area contributed by atoms with Gasteiger partial charge >= 0.3 is 0 Å². The van der Waals surface area contributed by atoms with Crippen molar-refractivity contribution in [1.29, 1.82) is 0 Å². The molecule has 0 aromatic heterocycles. The van der Waals surface area contributed by atoms with Crippen molar-refractivity contribution in [2.45, 2.75) is 27.7 Å². The molecule has 135 valence electrons. The van der Waals surface area contributed by atoms with Crippen molar-refractivity contribution in [3.63, 3.8) is 0 Å². The molecule has 0 heterocycles. The van der Waals surface area contributed by atoms with Gasteiger partial charge in [0.2, 0.25) is 0 Å². The van der Waals surface area contributed by atoms with E-state index in [-0.39, 0.29) is 47.6 Å². The summed E-state index contributed by atoms with van der Waals surface area (Å²) in [6.45, 7) is 8.00. The largest absolute Gasteiger partial charge is 0.358 e. The zero-order valence-electron chi connectivity index (χ0n) is 16.3. The average Bonchev–Trinajstić information content (AvgIpc) is 2.65. The van der Waals surface area contributed by atoms with Gasteiger partial charge in [-0.15, -0.1) is 0 Å². The van der Waals surface area contributed by atoms with Gasteiger partial charge in [-0.05, 0) is 0 Å². The van der Waals surface area contributed by atoms with Crippen LogP contribution >= 0.6 is 0 Å². The molecule has 0 atom stereocenters. The normalized spacial score (nSPS) is 5.22. The standard InChI is InChI=1S/2C6H6.2C2H6.2CH3F.2CH3.Y/c2*1-2-4-6-5-3-1;4*1-2;;;/h2*1-6H;2*1-2H3;2*1H3;2*1H3;/q;;;;;;2*-1;. The summed E-state index contributed by atoms with van der Waals surface area (Å²) in [6.07, 6.45) is 0. The minimum Gasteiger partial charge on any atom is -0.358 e. The van der Waals surface area contributed by atoms with Crippen molar-refractivity contribution in [2.24, 2.45) is 0 Å². The molecule has 0 saturated carbocycles. The molecule has 2 aromatic carbocycles. The summed E-state index contributed by atoms with van der Waals surface area (Å²) in [7, 11) is 1.00. The van der Waals surface area contributed by atoms with Crippen LogP contribution in [0, 0.1) is 14.9 Å². The van der Waals surface area contributed by atoms with Crippen molar-refractivity contribution in [3.8, 4) is 0 Å². The fourth-order valence-corrected chi connectivity index (χ4v) is 0.770. The van der Waals surface area contributed by atoms with E-state index < -0.39 is 0 Å². The Morgan fingerprint density at radius 3 is 0.435 bits per heavy atom. The van der Waals surface area contributed by atoms with Crippen molar-refractivity contribution in [1.82, 2.24) is 0 Å². The average molecular weight is 403 g/mol. The van der Waals surface area contributed by atoms with Gasteiger partial charge in [0.05, 0.1) is 14.4 Å². The van der Waals surface area contributed by atoms with Crippen LogP contribution in [0.15, 0.2) is 72.8 Å². The first kappa shape index (κ1) is 43.3. The first-order valence-electron chi connectivity index (χ1n) is 6.76. The van der Waals surface area contributed by atoms with Gasteiger partial charge in [-0.2, -0.15) is 0 Å². The minimum absolute atomic E-state index is 0. The van der Waals surface area contributed by atoms with E-state index in [0.29, 0.717) is 14.4 Å². The van der Waals surface area contributed by atoms with Crippen LogP contribution in [-0.2, 0) is 32.7 Å². The Hall–Kier alpha value is -0.596. The molecular formula is C20H36F2Y-2. The summed E-state index contributed by atoms with van der Waals surface area (Å²) in [6, 6.07) is 24.0. The van der Waals surface area contributed by atoms with Crippen LogP contribution in [-0.4, -0.2) is 14.4 Å². The fraction of sp³-hybridized carbons (Fsp3) is 0.300. The van der Waals surface area contributed by atoms with Crippen molar-refractivity contribution in [3.05, 3.63) is 87.6 Å². The van der Waals surface area contributed by atoms with Crippen molar-refractivity contribution in [2.75, 3.05) is 14.4 Å². The van der Waals surface area contributed by atoms with Crippen LogP contribution in [0.3, 0.4) is 0 Å². The molecule has 23 heavy (non-hydrogen) atoms. The smallest absolute Gasteiger partial charge is 0.0785 e. The maximum Gasteiger partial charge on any atom is 0.0785 e. The van der Waals surface area contributed by atoms with E-state index in [4.69, 9.17) is 0 Å². The van der Waals surface area contributed by atoms with E-state index in [0.717, 1.165) is 0 Å². The first-order valence-corrected chi connectivity index (χ1v) is 6.76. The van der Waals surface area contributed by atoms with E-state index in [1.54, 1.807) is 0 Å². The summed E-state index contributed by atoms with van der Waals surface area (Å²) < 4.78 is 19.0. The van der Waals surface area contributed by atoms with Gasteiger partial charge in [0.25, 0.3) is 0 Å². The van der Waals surface area contributed by atoms with Crippen LogP contribution in [0.2, 0.25) is 0 Å². The maximum atomic E-state index is 9.50. The van der Waals surface area contributed by atoms with Gasteiger partial charge in [-0.3, -0.25) is 8.78 Å². The second-order valence-electron chi connectivity index (χ2n) is 2.31. The van der Waals surface area contributed by atoms with Gasteiger partial charge < -0.3 is 14.9 Å². The molecule has 0 amide bonds. The van der Waals surface area contributed by atoms with Crippen LogP contribution in [0.25, 0.3) is 0 Å². The second kappa shape index (κ2) is 68.5. The maximum absolute atomic E-state index is 9.50. The molecule has 2 rings (SSSR count). The molecule has 0 unspecified atom stereocenters. The Bertz CT molecular complexity index is 191. The predicted octanol–water partition coefficient (Wildman–Crippen LogP) is 7.50. The number of halogens is 2. The zero-order valence-corrected chi connectivity index (χ0v) is 19.1. The van der Waals surface area contributed by atoms with Gasteiger partial charge in [0.1, 0.15) is 0 Å². The summed E-state index contributed by atoms with van der Waals surface area (Å²) in [5.74, 6) is 0. The van der Waals surface area contributed by atoms with Gasteiger partial charge in [-0.1, -0.05) is 100 Å². The molecule has 0 bridgehead atoms. The van der Waals surface area contributed by atoms with Crippen molar-refractivity contribution >= 4 is 0 Å². The number of rotatable bonds is 0. The molecule has 0 aliphatic carbocycles. The monoisotopic (exact) mass is 403 g/mol. The summed E-state index contributed by atoms with van der Waals surface area (Å²) in [4.78, 5) is 0. The number of hydrogen-bond acceptors (Lipinski definition) is 0. The Kier molecular flexibility index (Phi) is 129. The molecule has 0 spiro atoms. The third-order valence-corrected chi connectivity index (χ3v) is 1.33. The van der Waals surface area contributed by atoms with Crippen LogP contribution in [0.5, 0.6) is 0 Å². The van der Waals surface area contributed by atoms with E-state index in [1.165, 1.54) is 0 Å². The molecule has 2 aromatic rings. The van der Waals surface area contributed by atoms with Crippen LogP contribution < -0.4 is 0 Å². The number of alkyl halides is 2. The molecule has 0 nitrogen and oxygen atoms in total. The SMILES string of the molecule is CC.CC.CF.CF.[CH3-].[CH3-].[Y].c1ccccc1.c1ccccc1. The number of hydrogen-bond donors (Lipinski definition) is 0. The Balaban J connectivity index is -0.0000000287. The van der Waals surface area contributed by atoms with E-state index in [1.807, 2.05) is 100 Å². The predicted molar refractivity (Wildman–Crippen MR) is 102 cm³/mol. The van der Waals surface area contributed by atoms with Crippen LogP contribution in [0.4, 0.5) is 8.78 Å². The van der Waals surface area contributed by atoms with Gasteiger partial charge in [0.15, 0.2) is 0 Å². The third kappa shape index (κ3) is 62.0. The fourth-order valence-electron chi connectivity index (χ4n) is 0.770. The zero-order chi connectivity index (χ0) is 16.5. The topological polar surface area (TPSA) is 0 Å². The molecule has 3 heteroatoms. The Morgan fingerprint density at radius 2 is 0.391 bits per heavy atom.